The molecule has 186 valence electrons. The van der Waals surface area contributed by atoms with E-state index in [0.717, 1.165) is 6.54 Å². The van der Waals surface area contributed by atoms with Crippen LogP contribution in [0.5, 0.6) is 0 Å². The van der Waals surface area contributed by atoms with E-state index >= 15 is 0 Å². The molecular formula is C20H27Cl2FN8O3. The first-order valence-corrected chi connectivity index (χ1v) is 9.79. The number of anilines is 1. The Hall–Kier alpha value is -2.90. The van der Waals surface area contributed by atoms with Gasteiger partial charge in [0.15, 0.2) is 6.23 Å². The predicted molar refractivity (Wildman–Crippen MR) is 130 cm³/mol. The highest BCUT2D eigenvalue weighted by atomic mass is 35.5. The largest absolute Gasteiger partial charge is 0.428 e. The molecule has 1 amide bonds. The third-order valence-electron chi connectivity index (χ3n) is 4.90. The van der Waals surface area contributed by atoms with Crippen LogP contribution in [0, 0.1) is 5.82 Å². The topological polar surface area (TPSA) is 133 Å². The number of likely N-dealkylation sites (N-methyl/N-ethyl adjacent to an activating group) is 2. The summed E-state index contributed by atoms with van der Waals surface area (Å²) >= 11 is 0. The molecule has 14 heteroatoms. The Labute approximate surface area is 208 Å². The molecule has 1 atom stereocenters. The van der Waals surface area contributed by atoms with Crippen molar-refractivity contribution in [1.29, 1.82) is 0 Å². The van der Waals surface area contributed by atoms with Gasteiger partial charge in [-0.25, -0.2) is 9.18 Å². The lowest BCUT2D eigenvalue weighted by Crippen LogP contribution is -2.30. The number of benzene rings is 1. The minimum atomic E-state index is -0.511. The fraction of sp³-hybridized carbons (Fsp3) is 0.350. The van der Waals surface area contributed by atoms with E-state index in [1.807, 2.05) is 19.0 Å². The molecule has 34 heavy (non-hydrogen) atoms. The summed E-state index contributed by atoms with van der Waals surface area (Å²) in [4.78, 5) is 21.3. The number of hydrogen-bond acceptors (Lipinski definition) is 8. The van der Waals surface area contributed by atoms with E-state index in [1.54, 1.807) is 37.5 Å². The van der Waals surface area contributed by atoms with E-state index in [4.69, 9.17) is 4.74 Å². The number of nitrogens with one attached hydrogen (secondary N) is 1. The van der Waals surface area contributed by atoms with Crippen LogP contribution in [-0.4, -0.2) is 82.1 Å². The molecule has 3 heterocycles. The summed E-state index contributed by atoms with van der Waals surface area (Å²) in [6, 6.07) is 8.11. The number of pyridine rings is 1. The number of carbonyl (C=O) groups is 1. The molecule has 0 spiro atoms. The molecular weight excluding hydrogens is 490 g/mol. The normalized spacial score (nSPS) is 14.8. The number of tetrazole rings is 1. The zero-order chi connectivity index (χ0) is 22.0. The number of cyclic esters (lactones) is 1. The van der Waals surface area contributed by atoms with Crippen LogP contribution in [0.3, 0.4) is 0 Å². The number of hydrogen-bond donors (Lipinski definition) is 1. The third kappa shape index (κ3) is 6.36. The zero-order valence-electron chi connectivity index (χ0n) is 18.8. The lowest BCUT2D eigenvalue weighted by molar-refractivity contribution is 0.128. The van der Waals surface area contributed by atoms with Gasteiger partial charge in [0, 0.05) is 23.9 Å². The second-order valence-electron chi connectivity index (χ2n) is 7.38. The summed E-state index contributed by atoms with van der Waals surface area (Å²) in [7, 11) is 5.64. The first kappa shape index (κ1) is 29.1. The van der Waals surface area contributed by atoms with Gasteiger partial charge in [-0.05, 0) is 50.6 Å². The number of rotatable bonds is 7. The summed E-state index contributed by atoms with van der Waals surface area (Å²) in [6.07, 6.45) is 0.639. The van der Waals surface area contributed by atoms with E-state index in [1.165, 1.54) is 15.8 Å². The van der Waals surface area contributed by atoms with Crippen molar-refractivity contribution in [2.24, 2.45) is 0 Å². The molecule has 1 aliphatic rings. The van der Waals surface area contributed by atoms with Crippen LogP contribution in [0.4, 0.5) is 14.9 Å². The Balaban J connectivity index is 0.00000193. The van der Waals surface area contributed by atoms with Gasteiger partial charge in [0.1, 0.15) is 11.5 Å². The second kappa shape index (κ2) is 12.5. The van der Waals surface area contributed by atoms with Crippen LogP contribution < -0.4 is 10.2 Å². The predicted octanol–water partition coefficient (Wildman–Crippen LogP) is 1.62. The second-order valence-corrected chi connectivity index (χ2v) is 7.38. The van der Waals surface area contributed by atoms with Gasteiger partial charge in [0.2, 0.25) is 5.82 Å². The fourth-order valence-corrected chi connectivity index (χ4v) is 3.15. The maximum absolute atomic E-state index is 14.8. The SMILES string of the molecule is CN[C@H]1CN(c2ccc(-c3ccc(-c4nnn(CCN(C)C)n4)nc3)c(F)c2)C(=O)O1.Cl.Cl.O. The lowest BCUT2D eigenvalue weighted by atomic mass is 10.1. The molecule has 1 fully saturated rings. The van der Waals surface area contributed by atoms with Crippen molar-refractivity contribution >= 4 is 36.6 Å². The number of amides is 1. The van der Waals surface area contributed by atoms with E-state index in [-0.39, 0.29) is 30.3 Å². The first-order chi connectivity index (χ1) is 14.9. The van der Waals surface area contributed by atoms with Crippen molar-refractivity contribution in [2.45, 2.75) is 12.8 Å². The summed E-state index contributed by atoms with van der Waals surface area (Å²) in [5.41, 5.74) is 1.97. The Morgan fingerprint density at radius 3 is 2.59 bits per heavy atom. The summed E-state index contributed by atoms with van der Waals surface area (Å²) in [6.45, 7) is 1.73. The van der Waals surface area contributed by atoms with Crippen molar-refractivity contribution in [1.82, 2.24) is 35.4 Å². The van der Waals surface area contributed by atoms with Gasteiger partial charge >= 0.3 is 6.09 Å². The molecule has 0 bridgehead atoms. The highest BCUT2D eigenvalue weighted by molar-refractivity contribution is 5.90. The van der Waals surface area contributed by atoms with Crippen molar-refractivity contribution in [3.63, 3.8) is 0 Å². The maximum atomic E-state index is 14.8. The van der Waals surface area contributed by atoms with E-state index < -0.39 is 18.1 Å². The average molecular weight is 517 g/mol. The van der Waals surface area contributed by atoms with Crippen LogP contribution in [0.15, 0.2) is 36.5 Å². The van der Waals surface area contributed by atoms with E-state index in [2.05, 4.69) is 25.7 Å². The van der Waals surface area contributed by atoms with Gasteiger partial charge in [-0.3, -0.25) is 15.2 Å². The molecule has 11 nitrogen and oxygen atoms in total. The number of carbonyl (C=O) groups excluding carboxylic acids is 1. The zero-order valence-corrected chi connectivity index (χ0v) is 20.4. The van der Waals surface area contributed by atoms with Gasteiger partial charge in [-0.1, -0.05) is 6.07 Å². The van der Waals surface area contributed by atoms with Crippen LogP contribution >= 0.6 is 24.8 Å². The molecule has 0 radical (unpaired) electrons. The quantitative estimate of drug-likeness (QED) is 0.500. The van der Waals surface area contributed by atoms with Gasteiger partial charge in [-0.2, -0.15) is 4.80 Å². The van der Waals surface area contributed by atoms with Crippen molar-refractivity contribution in [2.75, 3.05) is 39.1 Å². The Morgan fingerprint density at radius 1 is 1.24 bits per heavy atom. The number of nitrogens with zero attached hydrogens (tertiary/aromatic N) is 7. The lowest BCUT2D eigenvalue weighted by Gasteiger charge is -2.14. The van der Waals surface area contributed by atoms with Crippen molar-refractivity contribution in [3.05, 3.63) is 42.3 Å². The van der Waals surface area contributed by atoms with Crippen LogP contribution in [0.25, 0.3) is 22.6 Å². The number of halogens is 3. The molecule has 3 aromatic rings. The summed E-state index contributed by atoms with van der Waals surface area (Å²) in [5, 5.41) is 15.3. The van der Waals surface area contributed by atoms with Crippen LogP contribution in [0.1, 0.15) is 0 Å². The summed E-state index contributed by atoms with van der Waals surface area (Å²) < 4.78 is 19.9. The van der Waals surface area contributed by atoms with Crippen LogP contribution in [-0.2, 0) is 11.3 Å². The maximum Gasteiger partial charge on any atom is 0.416 e. The molecule has 4 rings (SSSR count). The Morgan fingerprint density at radius 2 is 2.00 bits per heavy atom. The van der Waals surface area contributed by atoms with Gasteiger partial charge in [0.05, 0.1) is 18.8 Å². The smallest absolute Gasteiger partial charge is 0.416 e. The first-order valence-electron chi connectivity index (χ1n) is 9.79. The van der Waals surface area contributed by atoms with Crippen LogP contribution in [0.2, 0.25) is 0 Å². The molecule has 0 saturated carbocycles. The Kier molecular flexibility index (Phi) is 10.7. The monoisotopic (exact) mass is 516 g/mol. The van der Waals surface area contributed by atoms with E-state index in [0.29, 0.717) is 41.4 Å². The highest BCUT2D eigenvalue weighted by Crippen LogP contribution is 2.29. The standard InChI is InChI=1S/C20H23FN8O2.2ClH.H2O/c1-22-18-12-28(20(30)31-18)14-5-6-15(16(21)10-14)13-4-7-17(23-11-13)19-24-26-29(25-19)9-8-27(2)3;;;/h4-7,10-11,18,22H,8-9,12H2,1-3H3;2*1H;1H2/t18-;;;/m1.../s1. The molecule has 1 aliphatic heterocycles. The van der Waals surface area contributed by atoms with E-state index in [9.17, 15) is 9.18 Å². The molecule has 1 saturated heterocycles. The highest BCUT2D eigenvalue weighted by Gasteiger charge is 2.31. The molecule has 1 aromatic carbocycles. The van der Waals surface area contributed by atoms with Crippen molar-refractivity contribution in [3.8, 4) is 22.6 Å². The Bertz CT molecular complexity index is 1080. The minimum Gasteiger partial charge on any atom is -0.428 e. The third-order valence-corrected chi connectivity index (χ3v) is 4.90. The number of ether oxygens (including phenoxy) is 1. The summed E-state index contributed by atoms with van der Waals surface area (Å²) in [5.74, 6) is -0.0479. The van der Waals surface area contributed by atoms with Gasteiger partial charge < -0.3 is 15.1 Å². The molecule has 2 aromatic heterocycles. The molecule has 3 N–H and O–H groups in total. The fourth-order valence-electron chi connectivity index (χ4n) is 3.15. The number of aromatic nitrogens is 5. The van der Waals surface area contributed by atoms with Crippen molar-refractivity contribution < 1.29 is 19.4 Å². The molecule has 0 unspecified atom stereocenters. The van der Waals surface area contributed by atoms with Gasteiger partial charge in [-0.15, -0.1) is 35.0 Å². The van der Waals surface area contributed by atoms with Gasteiger partial charge in [0.25, 0.3) is 0 Å². The average Bonchev–Trinajstić information content (AvgIpc) is 3.39. The molecule has 0 aliphatic carbocycles. The minimum absolute atomic E-state index is 0.